The molecule has 0 aromatic rings. The number of hydrogen-bond acceptors (Lipinski definition) is 1. The van der Waals surface area contributed by atoms with Crippen molar-refractivity contribution in [3.63, 3.8) is 0 Å². The van der Waals surface area contributed by atoms with E-state index in [-0.39, 0.29) is 0 Å². The van der Waals surface area contributed by atoms with Gasteiger partial charge in [-0.1, -0.05) is 19.4 Å². The Balaban J connectivity index is 0. The minimum atomic E-state index is 1.09. The topological polar surface area (TPSA) is 12.4 Å². The number of hydrogen-bond donors (Lipinski definition) is 0. The Morgan fingerprint density at radius 1 is 1.10 bits per heavy atom. The van der Waals surface area contributed by atoms with E-state index < -0.39 is 0 Å². The smallest absolute Gasteiger partial charge is 0.0313 e. The van der Waals surface area contributed by atoms with Crippen molar-refractivity contribution in [1.82, 2.24) is 0 Å². The quantitative estimate of drug-likeness (QED) is 0.498. The predicted octanol–water partition coefficient (Wildman–Crippen LogP) is 3.07. The number of allylic oxidation sites excluding steroid dienone is 2. The first-order valence-corrected chi connectivity index (χ1v) is 3.75. The van der Waals surface area contributed by atoms with Gasteiger partial charge in [0.2, 0.25) is 0 Å². The van der Waals surface area contributed by atoms with Crippen molar-refractivity contribution in [2.24, 2.45) is 4.99 Å². The molecule has 1 heteroatoms. The molecular weight excluding hydrogens is 122 g/mol. The van der Waals surface area contributed by atoms with Crippen molar-refractivity contribution in [2.75, 3.05) is 7.05 Å². The summed E-state index contributed by atoms with van der Waals surface area (Å²) in [5.74, 6) is 0. The molecule has 0 N–H and O–H groups in total. The highest BCUT2D eigenvalue weighted by molar-refractivity contribution is 5.93. The van der Waals surface area contributed by atoms with Crippen LogP contribution in [0.1, 0.15) is 34.6 Å². The van der Waals surface area contributed by atoms with Crippen molar-refractivity contribution in [2.45, 2.75) is 34.6 Å². The van der Waals surface area contributed by atoms with Gasteiger partial charge in [0.05, 0.1) is 0 Å². The Kier molecular flexibility index (Phi) is 10.2. The first-order valence-electron chi connectivity index (χ1n) is 3.75. The van der Waals surface area contributed by atoms with E-state index in [4.69, 9.17) is 0 Å². The molecule has 0 saturated carbocycles. The van der Waals surface area contributed by atoms with Gasteiger partial charge >= 0.3 is 0 Å². The summed E-state index contributed by atoms with van der Waals surface area (Å²) in [5.41, 5.74) is 2.39. The summed E-state index contributed by atoms with van der Waals surface area (Å²) in [6.07, 6.45) is 2.06. The van der Waals surface area contributed by atoms with E-state index in [0.717, 1.165) is 5.71 Å². The minimum absolute atomic E-state index is 1.09. The van der Waals surface area contributed by atoms with Crippen molar-refractivity contribution < 1.29 is 0 Å². The molecule has 0 rings (SSSR count). The summed E-state index contributed by atoms with van der Waals surface area (Å²) in [6.45, 7) is 10.1. The van der Waals surface area contributed by atoms with E-state index >= 15 is 0 Å². The van der Waals surface area contributed by atoms with Crippen LogP contribution in [0, 0.1) is 0 Å². The second kappa shape index (κ2) is 8.41. The summed E-state index contributed by atoms with van der Waals surface area (Å²) in [6, 6.07) is 0. The first kappa shape index (κ1) is 12.1. The second-order valence-corrected chi connectivity index (χ2v) is 2.09. The van der Waals surface area contributed by atoms with Gasteiger partial charge in [-0.05, 0) is 26.8 Å². The molecule has 1 nitrogen and oxygen atoms in total. The average Bonchev–Trinajstić information content (AvgIpc) is 1.91. The molecule has 10 heavy (non-hydrogen) atoms. The average molecular weight is 141 g/mol. The molecule has 0 radical (unpaired) electrons. The van der Waals surface area contributed by atoms with Crippen molar-refractivity contribution in [3.8, 4) is 0 Å². The van der Waals surface area contributed by atoms with Crippen molar-refractivity contribution in [1.29, 1.82) is 0 Å². The van der Waals surface area contributed by atoms with Gasteiger partial charge in [0.25, 0.3) is 0 Å². The number of rotatable bonds is 1. The lowest BCUT2D eigenvalue weighted by Crippen LogP contribution is -1.83. The van der Waals surface area contributed by atoms with Crippen LogP contribution < -0.4 is 0 Å². The lowest BCUT2D eigenvalue weighted by molar-refractivity contribution is 1.37. The van der Waals surface area contributed by atoms with E-state index in [0.29, 0.717) is 0 Å². The SMILES string of the molecule is CC.CN=C(C)C=C(C)C. The van der Waals surface area contributed by atoms with Crippen LogP contribution in [0.2, 0.25) is 0 Å². The summed E-state index contributed by atoms with van der Waals surface area (Å²) in [4.78, 5) is 3.97. The molecule has 0 aliphatic carbocycles. The van der Waals surface area contributed by atoms with Crippen LogP contribution in [-0.2, 0) is 0 Å². The van der Waals surface area contributed by atoms with Crippen molar-refractivity contribution >= 4 is 5.71 Å². The van der Waals surface area contributed by atoms with Crippen LogP contribution in [0.15, 0.2) is 16.6 Å². The van der Waals surface area contributed by atoms with E-state index in [1.54, 1.807) is 7.05 Å². The molecule has 60 valence electrons. The summed E-state index contributed by atoms with van der Waals surface area (Å²) in [7, 11) is 1.80. The van der Waals surface area contributed by atoms with Crippen molar-refractivity contribution in [3.05, 3.63) is 11.6 Å². The molecule has 0 amide bonds. The zero-order valence-corrected chi connectivity index (χ0v) is 8.02. The number of aliphatic imine (C=N–C) groups is 1. The van der Waals surface area contributed by atoms with Gasteiger partial charge in [-0.2, -0.15) is 0 Å². The predicted molar refractivity (Wildman–Crippen MR) is 49.8 cm³/mol. The Hall–Kier alpha value is -0.590. The maximum atomic E-state index is 3.97. The second-order valence-electron chi connectivity index (χ2n) is 2.09. The highest BCUT2D eigenvalue weighted by atomic mass is 14.7. The molecule has 0 aliphatic heterocycles. The monoisotopic (exact) mass is 141 g/mol. The van der Waals surface area contributed by atoms with Crippen LogP contribution >= 0.6 is 0 Å². The van der Waals surface area contributed by atoms with Gasteiger partial charge < -0.3 is 0 Å². The van der Waals surface area contributed by atoms with Gasteiger partial charge in [0, 0.05) is 12.8 Å². The lowest BCUT2D eigenvalue weighted by atomic mass is 10.3. The maximum absolute atomic E-state index is 3.97. The van der Waals surface area contributed by atoms with E-state index in [1.807, 2.05) is 20.8 Å². The Bertz CT molecular complexity index is 117. The zero-order valence-electron chi connectivity index (χ0n) is 8.02. The number of nitrogens with zero attached hydrogens (tertiary/aromatic N) is 1. The highest BCUT2D eigenvalue weighted by Gasteiger charge is 1.78. The molecule has 0 bridgehead atoms. The fourth-order valence-electron chi connectivity index (χ4n) is 0.482. The van der Waals surface area contributed by atoms with Crippen LogP contribution in [0.5, 0.6) is 0 Å². The minimum Gasteiger partial charge on any atom is -0.293 e. The fourth-order valence-corrected chi connectivity index (χ4v) is 0.482. The van der Waals surface area contributed by atoms with Gasteiger partial charge in [-0.25, -0.2) is 0 Å². The Labute approximate surface area is 64.9 Å². The molecule has 0 aromatic heterocycles. The third-order valence-corrected chi connectivity index (χ3v) is 0.850. The fraction of sp³-hybridized carbons (Fsp3) is 0.667. The molecular formula is C9H19N. The standard InChI is InChI=1S/C7H13N.C2H6/c1-6(2)5-7(3)8-4;1-2/h5H,1-4H3;1-2H3. The summed E-state index contributed by atoms with van der Waals surface area (Å²) < 4.78 is 0. The third-order valence-electron chi connectivity index (χ3n) is 0.850. The van der Waals surface area contributed by atoms with Gasteiger partial charge in [-0.15, -0.1) is 0 Å². The normalized spacial score (nSPS) is 9.60. The van der Waals surface area contributed by atoms with Crippen LogP contribution in [0.4, 0.5) is 0 Å². The van der Waals surface area contributed by atoms with Crippen LogP contribution in [0.3, 0.4) is 0 Å². The third kappa shape index (κ3) is 10.4. The molecule has 0 aliphatic rings. The Morgan fingerprint density at radius 2 is 1.50 bits per heavy atom. The largest absolute Gasteiger partial charge is 0.293 e. The Morgan fingerprint density at radius 3 is 1.60 bits per heavy atom. The molecule has 0 fully saturated rings. The van der Waals surface area contributed by atoms with Gasteiger partial charge in [-0.3, -0.25) is 4.99 Å². The zero-order chi connectivity index (χ0) is 8.57. The molecule has 0 atom stereocenters. The summed E-state index contributed by atoms with van der Waals surface area (Å²) in [5, 5.41) is 0. The van der Waals surface area contributed by atoms with Crippen LogP contribution in [-0.4, -0.2) is 12.8 Å². The van der Waals surface area contributed by atoms with E-state index in [2.05, 4.69) is 24.9 Å². The molecule has 0 spiro atoms. The molecule has 0 unspecified atom stereocenters. The van der Waals surface area contributed by atoms with Gasteiger partial charge in [0.1, 0.15) is 0 Å². The van der Waals surface area contributed by atoms with E-state index in [1.165, 1.54) is 5.57 Å². The first-order chi connectivity index (χ1) is 4.66. The van der Waals surface area contributed by atoms with Crippen LogP contribution in [0.25, 0.3) is 0 Å². The molecule has 0 heterocycles. The highest BCUT2D eigenvalue weighted by Crippen LogP contribution is 1.88. The molecule has 0 saturated heterocycles. The van der Waals surface area contributed by atoms with E-state index in [9.17, 15) is 0 Å². The lowest BCUT2D eigenvalue weighted by Gasteiger charge is -1.87. The molecule has 0 aromatic carbocycles. The van der Waals surface area contributed by atoms with Gasteiger partial charge in [0.15, 0.2) is 0 Å². The summed E-state index contributed by atoms with van der Waals surface area (Å²) >= 11 is 0. The maximum Gasteiger partial charge on any atom is 0.0313 e.